The third kappa shape index (κ3) is 8.31. The predicted octanol–water partition coefficient (Wildman–Crippen LogP) is 10.6. The molecular weight excluding hydrogens is 582 g/mol. The largest absolute Gasteiger partial charge is 0.432 e. The SMILES string of the molecule is CCCCCC1COC(C2CCC(c3ccc(C4CCC(C(F)(F)Oc5ccc(C(F)(F)F)cc5)CC4)c(F)c3)CC2)OC1. The number of hydrogen-bond acceptors (Lipinski definition) is 3. The molecule has 2 saturated carbocycles. The van der Waals surface area contributed by atoms with Crippen LogP contribution in [0.3, 0.4) is 0 Å². The molecule has 44 heavy (non-hydrogen) atoms. The Morgan fingerprint density at radius 2 is 1.41 bits per heavy atom. The summed E-state index contributed by atoms with van der Waals surface area (Å²) in [5, 5.41) is 0. The van der Waals surface area contributed by atoms with Crippen molar-refractivity contribution in [2.75, 3.05) is 13.2 Å². The predicted molar refractivity (Wildman–Crippen MR) is 156 cm³/mol. The number of halogens is 6. The van der Waals surface area contributed by atoms with Crippen LogP contribution >= 0.6 is 0 Å². The Hall–Kier alpha value is -2.26. The van der Waals surface area contributed by atoms with E-state index in [9.17, 15) is 22.0 Å². The lowest BCUT2D eigenvalue weighted by atomic mass is 9.76. The highest BCUT2D eigenvalue weighted by molar-refractivity contribution is 5.31. The molecular formula is C35H44F6O3. The van der Waals surface area contributed by atoms with E-state index in [4.69, 9.17) is 14.2 Å². The lowest BCUT2D eigenvalue weighted by molar-refractivity contribution is -0.229. The van der Waals surface area contributed by atoms with Gasteiger partial charge in [0.1, 0.15) is 11.6 Å². The van der Waals surface area contributed by atoms with Gasteiger partial charge in [-0.15, -0.1) is 0 Å². The summed E-state index contributed by atoms with van der Waals surface area (Å²) in [5.41, 5.74) is 0.616. The molecule has 0 N–H and O–H groups in total. The summed E-state index contributed by atoms with van der Waals surface area (Å²) in [6.45, 7) is 3.75. The number of alkyl halides is 5. The van der Waals surface area contributed by atoms with Crippen molar-refractivity contribution in [2.24, 2.45) is 17.8 Å². The van der Waals surface area contributed by atoms with Crippen molar-refractivity contribution < 1.29 is 40.6 Å². The molecule has 5 rings (SSSR count). The highest BCUT2D eigenvalue weighted by Gasteiger charge is 2.44. The van der Waals surface area contributed by atoms with Gasteiger partial charge in [-0.3, -0.25) is 0 Å². The average Bonchev–Trinajstić information content (AvgIpc) is 3.01. The maximum atomic E-state index is 15.3. The monoisotopic (exact) mass is 626 g/mol. The van der Waals surface area contributed by atoms with Crippen LogP contribution < -0.4 is 4.74 Å². The van der Waals surface area contributed by atoms with Crippen LogP contribution in [0, 0.1) is 23.6 Å². The van der Waals surface area contributed by atoms with Gasteiger partial charge in [0.05, 0.1) is 24.7 Å². The molecule has 2 aromatic rings. The third-order valence-electron chi connectivity index (χ3n) is 9.94. The molecule has 2 aliphatic carbocycles. The number of ether oxygens (including phenoxy) is 3. The van der Waals surface area contributed by atoms with E-state index in [2.05, 4.69) is 6.92 Å². The fourth-order valence-corrected chi connectivity index (χ4v) is 7.23. The summed E-state index contributed by atoms with van der Waals surface area (Å²) < 4.78 is 100. The van der Waals surface area contributed by atoms with Gasteiger partial charge in [0.25, 0.3) is 0 Å². The van der Waals surface area contributed by atoms with Crippen molar-refractivity contribution in [1.82, 2.24) is 0 Å². The normalized spacial score (nSPS) is 28.5. The first-order valence-corrected chi connectivity index (χ1v) is 16.3. The highest BCUT2D eigenvalue weighted by Crippen LogP contribution is 2.45. The first kappa shape index (κ1) is 33.1. The Morgan fingerprint density at radius 3 is 2.00 bits per heavy atom. The summed E-state index contributed by atoms with van der Waals surface area (Å²) in [7, 11) is 0. The fourth-order valence-electron chi connectivity index (χ4n) is 7.23. The zero-order valence-corrected chi connectivity index (χ0v) is 25.4. The number of benzene rings is 2. The van der Waals surface area contributed by atoms with Crippen molar-refractivity contribution in [3.63, 3.8) is 0 Å². The van der Waals surface area contributed by atoms with Crippen molar-refractivity contribution in [1.29, 1.82) is 0 Å². The molecule has 3 nitrogen and oxygen atoms in total. The lowest BCUT2D eigenvalue weighted by Gasteiger charge is -2.38. The Kier molecular flexibility index (Phi) is 10.9. The van der Waals surface area contributed by atoms with Gasteiger partial charge in [0.15, 0.2) is 6.29 Å². The van der Waals surface area contributed by atoms with Gasteiger partial charge < -0.3 is 14.2 Å². The van der Waals surface area contributed by atoms with Crippen LogP contribution in [0.1, 0.15) is 112 Å². The summed E-state index contributed by atoms with van der Waals surface area (Å²) >= 11 is 0. The highest BCUT2D eigenvalue weighted by atomic mass is 19.4. The Bertz CT molecular complexity index is 1180. The van der Waals surface area contributed by atoms with E-state index in [1.807, 2.05) is 12.1 Å². The van der Waals surface area contributed by atoms with Crippen molar-refractivity contribution >= 4 is 0 Å². The van der Waals surface area contributed by atoms with Crippen LogP contribution in [0.5, 0.6) is 5.75 Å². The Labute approximate surface area is 256 Å². The zero-order valence-electron chi connectivity index (χ0n) is 25.4. The molecule has 2 aromatic carbocycles. The van der Waals surface area contributed by atoms with Gasteiger partial charge in [-0.05, 0) is 111 Å². The van der Waals surface area contributed by atoms with E-state index < -0.39 is 23.8 Å². The molecule has 9 heteroatoms. The van der Waals surface area contributed by atoms with Crippen molar-refractivity contribution in [3.05, 3.63) is 65.0 Å². The minimum absolute atomic E-state index is 0.133. The van der Waals surface area contributed by atoms with Crippen LogP contribution in [0.4, 0.5) is 26.3 Å². The van der Waals surface area contributed by atoms with Gasteiger partial charge in [-0.1, -0.05) is 38.3 Å². The topological polar surface area (TPSA) is 27.7 Å². The van der Waals surface area contributed by atoms with E-state index >= 15 is 4.39 Å². The molecule has 3 fully saturated rings. The van der Waals surface area contributed by atoms with E-state index in [0.717, 1.165) is 75.1 Å². The molecule has 3 aliphatic rings. The second-order valence-electron chi connectivity index (χ2n) is 13.0. The third-order valence-corrected chi connectivity index (χ3v) is 9.94. The van der Waals surface area contributed by atoms with Crippen LogP contribution in [0.25, 0.3) is 0 Å². The molecule has 0 aromatic heterocycles. The average molecular weight is 627 g/mol. The van der Waals surface area contributed by atoms with Gasteiger partial charge in [0, 0.05) is 11.8 Å². The van der Waals surface area contributed by atoms with E-state index in [0.29, 0.717) is 30.2 Å². The quantitative estimate of drug-likeness (QED) is 0.194. The molecule has 244 valence electrons. The maximum Gasteiger partial charge on any atom is 0.416 e. The first-order chi connectivity index (χ1) is 21.0. The smallest absolute Gasteiger partial charge is 0.416 e. The minimum atomic E-state index is -4.55. The van der Waals surface area contributed by atoms with E-state index in [1.54, 1.807) is 6.07 Å². The summed E-state index contributed by atoms with van der Waals surface area (Å²) in [4.78, 5) is 0. The molecule has 1 aliphatic heterocycles. The number of rotatable bonds is 10. The van der Waals surface area contributed by atoms with Gasteiger partial charge >= 0.3 is 12.3 Å². The second kappa shape index (κ2) is 14.4. The summed E-state index contributed by atoms with van der Waals surface area (Å²) in [6, 6.07) is 8.72. The standard InChI is InChI=1S/C35H44F6O3/c1-2-3-4-5-23-21-42-33(43-22-23)26-8-6-24(7-9-26)27-12-19-31(32(36)20-27)25-10-13-29(14-11-25)35(40,41)44-30-17-15-28(16-18-30)34(37,38)39/h12,15-20,23-26,29,33H,2-11,13-14,21-22H2,1H3. The second-order valence-corrected chi connectivity index (χ2v) is 13.0. The zero-order chi connectivity index (χ0) is 31.3. The summed E-state index contributed by atoms with van der Waals surface area (Å²) in [6.07, 6.45) is 1.52. The summed E-state index contributed by atoms with van der Waals surface area (Å²) in [5.74, 6) is -0.726. The minimum Gasteiger partial charge on any atom is -0.432 e. The first-order valence-electron chi connectivity index (χ1n) is 16.3. The Morgan fingerprint density at radius 1 is 0.773 bits per heavy atom. The molecule has 1 saturated heterocycles. The molecule has 1 heterocycles. The number of unbranched alkanes of at least 4 members (excludes halogenated alkanes) is 2. The lowest BCUT2D eigenvalue weighted by Crippen LogP contribution is -2.38. The van der Waals surface area contributed by atoms with Crippen LogP contribution in [-0.4, -0.2) is 25.6 Å². The van der Waals surface area contributed by atoms with Gasteiger partial charge in [-0.2, -0.15) is 22.0 Å². The molecule has 0 atom stereocenters. The van der Waals surface area contributed by atoms with E-state index in [1.165, 1.54) is 19.3 Å². The Balaban J connectivity index is 1.08. The molecule has 0 amide bonds. The maximum absolute atomic E-state index is 15.3. The van der Waals surface area contributed by atoms with Crippen molar-refractivity contribution in [3.8, 4) is 5.75 Å². The van der Waals surface area contributed by atoms with Crippen LogP contribution in [0.2, 0.25) is 0 Å². The molecule has 0 bridgehead atoms. The van der Waals surface area contributed by atoms with Gasteiger partial charge in [-0.25, -0.2) is 4.39 Å². The molecule has 0 radical (unpaired) electrons. The molecule has 0 unspecified atom stereocenters. The fraction of sp³-hybridized carbons (Fsp3) is 0.657. The number of hydrogen-bond donors (Lipinski definition) is 0. The van der Waals surface area contributed by atoms with Gasteiger partial charge in [0.2, 0.25) is 0 Å². The van der Waals surface area contributed by atoms with Crippen LogP contribution in [0.15, 0.2) is 42.5 Å². The van der Waals surface area contributed by atoms with Crippen molar-refractivity contribution in [2.45, 2.75) is 114 Å². The molecule has 0 spiro atoms. The van der Waals surface area contributed by atoms with E-state index in [-0.39, 0.29) is 42.5 Å². The van der Waals surface area contributed by atoms with Crippen LogP contribution in [-0.2, 0) is 15.7 Å².